The highest BCUT2D eigenvalue weighted by Crippen LogP contribution is 2.19. The van der Waals surface area contributed by atoms with Crippen LogP contribution >= 0.6 is 0 Å². The first-order valence-electron chi connectivity index (χ1n) is 6.11. The monoisotopic (exact) mass is 198 g/mol. The number of piperidine rings is 1. The van der Waals surface area contributed by atoms with Crippen LogP contribution in [-0.4, -0.2) is 30.6 Å². The van der Waals surface area contributed by atoms with Crippen LogP contribution in [0.25, 0.3) is 0 Å². The Balaban J connectivity index is 2.30. The number of hydrogen-bond acceptors (Lipinski definition) is 2. The van der Waals surface area contributed by atoms with Crippen LogP contribution in [0.4, 0.5) is 0 Å². The van der Waals surface area contributed by atoms with Crippen LogP contribution in [0.1, 0.15) is 40.0 Å². The third kappa shape index (κ3) is 3.58. The molecule has 1 rings (SSSR count). The minimum absolute atomic E-state index is 0.352. The van der Waals surface area contributed by atoms with Gasteiger partial charge >= 0.3 is 0 Å². The summed E-state index contributed by atoms with van der Waals surface area (Å²) in [5, 5.41) is 0. The van der Waals surface area contributed by atoms with E-state index < -0.39 is 0 Å². The van der Waals surface area contributed by atoms with Crippen molar-refractivity contribution in [2.45, 2.75) is 46.1 Å². The normalized spacial score (nSPS) is 26.8. The van der Waals surface area contributed by atoms with Crippen molar-refractivity contribution in [3.05, 3.63) is 0 Å². The van der Waals surface area contributed by atoms with Crippen molar-refractivity contribution >= 4 is 0 Å². The van der Waals surface area contributed by atoms with Gasteiger partial charge in [-0.2, -0.15) is 0 Å². The maximum Gasteiger partial charge on any atom is 0.0191 e. The summed E-state index contributed by atoms with van der Waals surface area (Å²) in [5.74, 6) is 1.53. The van der Waals surface area contributed by atoms with Gasteiger partial charge in [0.15, 0.2) is 0 Å². The molecule has 1 aliphatic rings. The molecule has 0 aromatic heterocycles. The molecular weight excluding hydrogens is 172 g/mol. The minimum atomic E-state index is 0.352. The van der Waals surface area contributed by atoms with Gasteiger partial charge in [0, 0.05) is 19.1 Å². The molecule has 2 atom stereocenters. The van der Waals surface area contributed by atoms with Crippen LogP contribution in [0.15, 0.2) is 0 Å². The summed E-state index contributed by atoms with van der Waals surface area (Å²) >= 11 is 0. The second kappa shape index (κ2) is 5.72. The van der Waals surface area contributed by atoms with Crippen molar-refractivity contribution in [3.8, 4) is 0 Å². The van der Waals surface area contributed by atoms with E-state index in [4.69, 9.17) is 5.73 Å². The zero-order valence-corrected chi connectivity index (χ0v) is 10.00. The maximum atomic E-state index is 6.09. The summed E-state index contributed by atoms with van der Waals surface area (Å²) in [6.07, 6.45) is 4.11. The quantitative estimate of drug-likeness (QED) is 0.749. The van der Waals surface area contributed by atoms with Crippen molar-refractivity contribution in [1.82, 2.24) is 4.90 Å². The molecule has 2 nitrogen and oxygen atoms in total. The van der Waals surface area contributed by atoms with Gasteiger partial charge in [0.1, 0.15) is 0 Å². The van der Waals surface area contributed by atoms with Crippen LogP contribution in [-0.2, 0) is 0 Å². The van der Waals surface area contributed by atoms with Gasteiger partial charge in [-0.25, -0.2) is 0 Å². The van der Waals surface area contributed by atoms with Gasteiger partial charge in [-0.1, -0.05) is 27.2 Å². The van der Waals surface area contributed by atoms with E-state index in [1.165, 1.54) is 32.4 Å². The van der Waals surface area contributed by atoms with E-state index in [9.17, 15) is 0 Å². The lowest BCUT2D eigenvalue weighted by Gasteiger charge is -2.34. The Kier molecular flexibility index (Phi) is 4.90. The van der Waals surface area contributed by atoms with E-state index in [0.29, 0.717) is 12.0 Å². The highest BCUT2D eigenvalue weighted by molar-refractivity contribution is 4.77. The Hall–Kier alpha value is -0.0800. The Morgan fingerprint density at radius 3 is 2.71 bits per heavy atom. The summed E-state index contributed by atoms with van der Waals surface area (Å²) < 4.78 is 0. The van der Waals surface area contributed by atoms with E-state index in [0.717, 1.165) is 12.5 Å². The lowest BCUT2D eigenvalue weighted by Crippen LogP contribution is -2.44. The average Bonchev–Trinajstić information content (AvgIpc) is 2.18. The Morgan fingerprint density at radius 1 is 1.43 bits per heavy atom. The lowest BCUT2D eigenvalue weighted by molar-refractivity contribution is 0.155. The molecule has 0 saturated carbocycles. The molecule has 0 aliphatic carbocycles. The highest BCUT2D eigenvalue weighted by Gasteiger charge is 2.20. The second-order valence-electron chi connectivity index (χ2n) is 5.08. The number of hydrogen-bond donors (Lipinski definition) is 1. The van der Waals surface area contributed by atoms with E-state index in [2.05, 4.69) is 25.7 Å². The molecule has 0 aromatic rings. The predicted molar refractivity (Wildman–Crippen MR) is 62.3 cm³/mol. The molecule has 2 N–H and O–H groups in total. The molecule has 1 heterocycles. The van der Waals surface area contributed by atoms with Gasteiger partial charge in [-0.15, -0.1) is 0 Å². The van der Waals surface area contributed by atoms with Crippen LogP contribution in [0.3, 0.4) is 0 Å². The summed E-state index contributed by atoms with van der Waals surface area (Å²) in [7, 11) is 0. The van der Waals surface area contributed by atoms with Crippen LogP contribution in [0.5, 0.6) is 0 Å². The first kappa shape index (κ1) is 12.0. The van der Waals surface area contributed by atoms with Crippen LogP contribution < -0.4 is 5.73 Å². The van der Waals surface area contributed by atoms with Gasteiger partial charge < -0.3 is 10.6 Å². The fourth-order valence-electron chi connectivity index (χ4n) is 2.16. The zero-order valence-electron chi connectivity index (χ0n) is 10.00. The third-order valence-electron chi connectivity index (χ3n) is 3.51. The van der Waals surface area contributed by atoms with Gasteiger partial charge in [-0.3, -0.25) is 0 Å². The smallest absolute Gasteiger partial charge is 0.0191 e. The predicted octanol–water partition coefficient (Wildman–Crippen LogP) is 2.09. The standard InChI is InChI=1S/C12H26N2/c1-4-11-6-5-7-14(8-11)9-12(13)10(2)3/h10-12H,4-9,13H2,1-3H3. The first-order chi connectivity index (χ1) is 6.63. The summed E-state index contributed by atoms with van der Waals surface area (Å²) in [6, 6.07) is 0.352. The average molecular weight is 198 g/mol. The minimum Gasteiger partial charge on any atom is -0.326 e. The molecule has 14 heavy (non-hydrogen) atoms. The van der Waals surface area contributed by atoms with Crippen molar-refractivity contribution in [2.75, 3.05) is 19.6 Å². The molecular formula is C12H26N2. The molecule has 0 spiro atoms. The largest absolute Gasteiger partial charge is 0.326 e. The van der Waals surface area contributed by atoms with Crippen molar-refractivity contribution < 1.29 is 0 Å². The first-order valence-corrected chi connectivity index (χ1v) is 6.11. The molecule has 0 radical (unpaired) electrons. The maximum absolute atomic E-state index is 6.09. The molecule has 1 saturated heterocycles. The summed E-state index contributed by atoms with van der Waals surface area (Å²) in [5.41, 5.74) is 6.09. The molecule has 0 bridgehead atoms. The van der Waals surface area contributed by atoms with Crippen LogP contribution in [0, 0.1) is 11.8 Å². The van der Waals surface area contributed by atoms with E-state index in [1.54, 1.807) is 0 Å². The van der Waals surface area contributed by atoms with Crippen LogP contribution in [0.2, 0.25) is 0 Å². The number of nitrogens with two attached hydrogens (primary N) is 1. The van der Waals surface area contributed by atoms with E-state index >= 15 is 0 Å². The van der Waals surface area contributed by atoms with Gasteiger partial charge in [0.05, 0.1) is 0 Å². The topological polar surface area (TPSA) is 29.3 Å². The second-order valence-corrected chi connectivity index (χ2v) is 5.08. The summed E-state index contributed by atoms with van der Waals surface area (Å²) in [4.78, 5) is 2.56. The molecule has 2 unspecified atom stereocenters. The van der Waals surface area contributed by atoms with Crippen molar-refractivity contribution in [2.24, 2.45) is 17.6 Å². The number of rotatable bonds is 4. The Bertz CT molecular complexity index is 156. The highest BCUT2D eigenvalue weighted by atomic mass is 15.1. The van der Waals surface area contributed by atoms with Gasteiger partial charge in [0.25, 0.3) is 0 Å². The molecule has 1 aliphatic heterocycles. The fourth-order valence-corrected chi connectivity index (χ4v) is 2.16. The molecule has 0 amide bonds. The van der Waals surface area contributed by atoms with Gasteiger partial charge in [-0.05, 0) is 31.2 Å². The lowest BCUT2D eigenvalue weighted by atomic mass is 9.94. The molecule has 84 valence electrons. The van der Waals surface area contributed by atoms with Crippen molar-refractivity contribution in [1.29, 1.82) is 0 Å². The van der Waals surface area contributed by atoms with Gasteiger partial charge in [0.2, 0.25) is 0 Å². The van der Waals surface area contributed by atoms with E-state index in [-0.39, 0.29) is 0 Å². The van der Waals surface area contributed by atoms with Crippen molar-refractivity contribution in [3.63, 3.8) is 0 Å². The number of likely N-dealkylation sites (tertiary alicyclic amines) is 1. The third-order valence-corrected chi connectivity index (χ3v) is 3.51. The Morgan fingerprint density at radius 2 is 2.14 bits per heavy atom. The molecule has 2 heteroatoms. The molecule has 0 aromatic carbocycles. The SMILES string of the molecule is CCC1CCCN(CC(N)C(C)C)C1. The zero-order chi connectivity index (χ0) is 10.6. The molecule has 1 fully saturated rings. The Labute approximate surface area is 88.8 Å². The number of nitrogens with zero attached hydrogens (tertiary/aromatic N) is 1. The summed E-state index contributed by atoms with van der Waals surface area (Å²) in [6.45, 7) is 10.4. The fraction of sp³-hybridized carbons (Fsp3) is 1.00. The van der Waals surface area contributed by atoms with E-state index in [1.807, 2.05) is 0 Å².